The number of fused-ring (bicyclic) bond motifs is 2. The predicted octanol–water partition coefficient (Wildman–Crippen LogP) is 4.48. The van der Waals surface area contributed by atoms with Crippen LogP contribution in [0.25, 0.3) is 21.8 Å². The first-order valence-corrected chi connectivity index (χ1v) is 10.3. The number of rotatable bonds is 5. The molecule has 182 valence electrons. The molecule has 0 aliphatic heterocycles. The molecule has 2 heterocycles. The maximum absolute atomic E-state index is 12.9. The molecule has 0 atom stereocenters. The van der Waals surface area contributed by atoms with Crippen molar-refractivity contribution in [2.75, 3.05) is 31.4 Å². The number of anilines is 3. The van der Waals surface area contributed by atoms with Crippen molar-refractivity contribution in [1.82, 2.24) is 19.9 Å². The quantitative estimate of drug-likeness (QED) is 0.409. The summed E-state index contributed by atoms with van der Waals surface area (Å²) in [6, 6.07) is 8.64. The van der Waals surface area contributed by atoms with E-state index in [-0.39, 0.29) is 17.3 Å². The number of aromatic nitrogens is 4. The minimum atomic E-state index is -5.20. The number of aryl methyl sites for hydroxylation is 2. The number of alkyl halides is 3. The number of carbonyl (C=O) groups excluding carboxylic acids is 1. The zero-order valence-corrected chi connectivity index (χ0v) is 19.5. The third-order valence-corrected chi connectivity index (χ3v) is 5.20. The van der Waals surface area contributed by atoms with Gasteiger partial charge in [-0.25, -0.2) is 19.7 Å². The van der Waals surface area contributed by atoms with Crippen molar-refractivity contribution in [3.05, 3.63) is 41.6 Å². The Morgan fingerprint density at radius 2 is 1.69 bits per heavy atom. The zero-order valence-electron chi connectivity index (χ0n) is 19.5. The standard InChI is InChI=1S/C23H21F3N6O3/c1-11-8-13(32(3)4)9-16-18(11)29-22(30-19(16)35-20(33)23(24,25)26)31-21-27-12(2)15-10-14(34-5)6-7-17(15)28-21/h6-10H,1-5H3,(H,27,28,29,30,31). The lowest BCUT2D eigenvalue weighted by Gasteiger charge is -2.17. The van der Waals surface area contributed by atoms with E-state index in [0.29, 0.717) is 33.7 Å². The van der Waals surface area contributed by atoms with E-state index in [4.69, 9.17) is 4.74 Å². The summed E-state index contributed by atoms with van der Waals surface area (Å²) in [6.07, 6.45) is -5.20. The van der Waals surface area contributed by atoms with Gasteiger partial charge in [0, 0.05) is 25.2 Å². The van der Waals surface area contributed by atoms with E-state index in [9.17, 15) is 18.0 Å². The van der Waals surface area contributed by atoms with Gasteiger partial charge in [0.25, 0.3) is 0 Å². The van der Waals surface area contributed by atoms with Gasteiger partial charge in [0.05, 0.1) is 29.2 Å². The molecule has 0 amide bonds. The fourth-order valence-electron chi connectivity index (χ4n) is 3.44. The molecule has 12 heteroatoms. The highest BCUT2D eigenvalue weighted by Crippen LogP contribution is 2.33. The van der Waals surface area contributed by atoms with Gasteiger partial charge in [-0.15, -0.1) is 0 Å². The lowest BCUT2D eigenvalue weighted by atomic mass is 10.1. The Balaban J connectivity index is 1.82. The fraction of sp³-hybridized carbons (Fsp3) is 0.261. The van der Waals surface area contributed by atoms with Gasteiger partial charge < -0.3 is 14.4 Å². The van der Waals surface area contributed by atoms with Crippen LogP contribution < -0.4 is 19.7 Å². The molecule has 0 bridgehead atoms. The molecule has 2 aromatic carbocycles. The van der Waals surface area contributed by atoms with Gasteiger partial charge in [-0.1, -0.05) is 0 Å². The van der Waals surface area contributed by atoms with E-state index in [1.165, 1.54) is 0 Å². The van der Waals surface area contributed by atoms with Gasteiger partial charge in [-0.05, 0) is 49.7 Å². The van der Waals surface area contributed by atoms with Crippen LogP contribution in [0.3, 0.4) is 0 Å². The minimum Gasteiger partial charge on any atom is -0.497 e. The molecule has 0 saturated carbocycles. The highest BCUT2D eigenvalue weighted by molar-refractivity contribution is 5.93. The van der Waals surface area contributed by atoms with Crippen molar-refractivity contribution in [2.24, 2.45) is 0 Å². The van der Waals surface area contributed by atoms with E-state index < -0.39 is 18.0 Å². The Morgan fingerprint density at radius 3 is 2.34 bits per heavy atom. The number of nitrogens with zero attached hydrogens (tertiary/aromatic N) is 5. The van der Waals surface area contributed by atoms with Crippen LogP contribution >= 0.6 is 0 Å². The molecule has 9 nitrogen and oxygen atoms in total. The third-order valence-electron chi connectivity index (χ3n) is 5.20. The maximum Gasteiger partial charge on any atom is 0.491 e. The zero-order chi connectivity index (χ0) is 25.5. The molecule has 0 unspecified atom stereocenters. The van der Waals surface area contributed by atoms with Crippen molar-refractivity contribution < 1.29 is 27.4 Å². The highest BCUT2D eigenvalue weighted by atomic mass is 19.4. The van der Waals surface area contributed by atoms with Crippen LogP contribution in [0.5, 0.6) is 11.6 Å². The second-order valence-electron chi connectivity index (χ2n) is 7.93. The summed E-state index contributed by atoms with van der Waals surface area (Å²) in [5.41, 5.74) is 2.86. The summed E-state index contributed by atoms with van der Waals surface area (Å²) in [5, 5.41) is 3.73. The first kappa shape index (κ1) is 23.9. The molecule has 4 aromatic rings. The van der Waals surface area contributed by atoms with Gasteiger partial charge in [-0.2, -0.15) is 18.2 Å². The van der Waals surface area contributed by atoms with Gasteiger partial charge in [0.15, 0.2) is 0 Å². The van der Waals surface area contributed by atoms with E-state index in [1.54, 1.807) is 70.3 Å². The third kappa shape index (κ3) is 4.86. The highest BCUT2D eigenvalue weighted by Gasteiger charge is 2.42. The molecule has 0 saturated heterocycles. The summed E-state index contributed by atoms with van der Waals surface area (Å²) in [5.74, 6) is -2.28. The van der Waals surface area contributed by atoms with E-state index in [0.717, 1.165) is 5.39 Å². The molecule has 1 N–H and O–H groups in total. The van der Waals surface area contributed by atoms with Crippen molar-refractivity contribution in [3.8, 4) is 11.6 Å². The summed E-state index contributed by atoms with van der Waals surface area (Å²) < 4.78 is 48.7. The molecule has 35 heavy (non-hydrogen) atoms. The van der Waals surface area contributed by atoms with Crippen molar-refractivity contribution in [1.29, 1.82) is 0 Å². The first-order valence-electron chi connectivity index (χ1n) is 10.3. The maximum atomic E-state index is 12.9. The Bertz CT molecular complexity index is 1460. The van der Waals surface area contributed by atoms with E-state index >= 15 is 0 Å². The lowest BCUT2D eigenvalue weighted by molar-refractivity contribution is -0.189. The number of hydrogen-bond acceptors (Lipinski definition) is 9. The molecule has 0 fully saturated rings. The fourth-order valence-corrected chi connectivity index (χ4v) is 3.44. The SMILES string of the molecule is COc1ccc2nc(Nc3nc(OC(=O)C(F)(F)F)c4cc(N(C)C)cc(C)c4n3)nc(C)c2c1. The average molecular weight is 486 g/mol. The number of benzene rings is 2. The van der Waals surface area contributed by atoms with Crippen molar-refractivity contribution in [2.45, 2.75) is 20.0 Å². The van der Waals surface area contributed by atoms with Crippen molar-refractivity contribution >= 4 is 45.4 Å². The molecule has 0 spiro atoms. The van der Waals surface area contributed by atoms with Crippen LogP contribution in [-0.2, 0) is 4.79 Å². The van der Waals surface area contributed by atoms with Gasteiger partial charge in [-0.3, -0.25) is 5.32 Å². The summed E-state index contributed by atoms with van der Waals surface area (Å²) in [4.78, 5) is 30.7. The monoisotopic (exact) mass is 486 g/mol. The van der Waals surface area contributed by atoms with Crippen LogP contribution in [-0.4, -0.2) is 53.3 Å². The lowest BCUT2D eigenvalue weighted by Crippen LogP contribution is -2.28. The second kappa shape index (κ2) is 8.85. The Kier molecular flexibility index (Phi) is 6.05. The largest absolute Gasteiger partial charge is 0.497 e. The molecule has 0 aliphatic carbocycles. The number of nitrogens with one attached hydrogen (secondary N) is 1. The van der Waals surface area contributed by atoms with E-state index in [2.05, 4.69) is 30.0 Å². The van der Waals surface area contributed by atoms with Crippen LogP contribution in [0, 0.1) is 13.8 Å². The molecule has 4 rings (SSSR count). The van der Waals surface area contributed by atoms with Gasteiger partial charge in [0.2, 0.25) is 17.8 Å². The smallest absolute Gasteiger partial charge is 0.491 e. The Hall–Kier alpha value is -4.22. The number of carbonyl (C=O) groups is 1. The molecule has 0 aliphatic rings. The Labute approximate surface area is 197 Å². The summed E-state index contributed by atoms with van der Waals surface area (Å²) in [7, 11) is 5.10. The van der Waals surface area contributed by atoms with Crippen molar-refractivity contribution in [3.63, 3.8) is 0 Å². The molecular weight excluding hydrogens is 465 g/mol. The summed E-state index contributed by atoms with van der Waals surface area (Å²) in [6.45, 7) is 3.52. The van der Waals surface area contributed by atoms with Crippen LogP contribution in [0.2, 0.25) is 0 Å². The minimum absolute atomic E-state index is 0.121. The van der Waals surface area contributed by atoms with Crippen LogP contribution in [0.15, 0.2) is 30.3 Å². The van der Waals surface area contributed by atoms with Gasteiger partial charge in [0.1, 0.15) is 5.75 Å². The number of esters is 1. The topological polar surface area (TPSA) is 102 Å². The number of halogens is 3. The van der Waals surface area contributed by atoms with Crippen LogP contribution in [0.4, 0.5) is 30.8 Å². The van der Waals surface area contributed by atoms with Crippen LogP contribution in [0.1, 0.15) is 11.3 Å². The molecule has 0 radical (unpaired) electrons. The normalized spacial score (nSPS) is 11.5. The summed E-state index contributed by atoms with van der Waals surface area (Å²) >= 11 is 0. The van der Waals surface area contributed by atoms with E-state index in [1.807, 2.05) is 0 Å². The number of methoxy groups -OCH3 is 1. The Morgan fingerprint density at radius 1 is 0.971 bits per heavy atom. The first-order chi connectivity index (χ1) is 16.5. The number of ether oxygens (including phenoxy) is 2. The average Bonchev–Trinajstić information content (AvgIpc) is 2.78. The number of hydrogen-bond donors (Lipinski definition) is 1. The predicted molar refractivity (Wildman–Crippen MR) is 124 cm³/mol. The molecule has 2 aromatic heterocycles. The van der Waals surface area contributed by atoms with Gasteiger partial charge >= 0.3 is 12.1 Å². The second-order valence-corrected chi connectivity index (χ2v) is 7.93. The molecular formula is C23H21F3N6O3.